The molecule has 1 amide bonds. The maximum Gasteiger partial charge on any atom is 0.223 e. The van der Waals surface area contributed by atoms with Gasteiger partial charge < -0.3 is 14.7 Å². The molecule has 2 aromatic rings. The molecule has 0 spiro atoms. The normalized spacial score (nSPS) is 16.1. The first-order valence-corrected chi connectivity index (χ1v) is 7.93. The molecule has 1 heterocycles. The molecule has 23 heavy (non-hydrogen) atoms. The third-order valence-corrected chi connectivity index (χ3v) is 4.24. The van der Waals surface area contributed by atoms with Crippen LogP contribution in [0.5, 0.6) is 5.75 Å². The summed E-state index contributed by atoms with van der Waals surface area (Å²) in [6.45, 7) is 2.55. The molecule has 120 valence electrons. The number of hydrogen-bond donors (Lipinski definition) is 1. The molecule has 0 aliphatic carbocycles. The van der Waals surface area contributed by atoms with Crippen LogP contribution in [0.3, 0.4) is 0 Å². The molecule has 1 fully saturated rings. The summed E-state index contributed by atoms with van der Waals surface area (Å²) in [4.78, 5) is 14.5. The van der Waals surface area contributed by atoms with E-state index in [1.165, 1.54) is 0 Å². The van der Waals surface area contributed by atoms with Gasteiger partial charge in [-0.3, -0.25) is 4.79 Å². The van der Waals surface area contributed by atoms with Gasteiger partial charge in [0.25, 0.3) is 0 Å². The molecule has 1 aliphatic rings. The van der Waals surface area contributed by atoms with E-state index in [1.807, 2.05) is 47.4 Å². The van der Waals surface area contributed by atoms with Crippen molar-refractivity contribution in [3.63, 3.8) is 0 Å². The van der Waals surface area contributed by atoms with Crippen LogP contribution in [0.15, 0.2) is 54.6 Å². The summed E-state index contributed by atoms with van der Waals surface area (Å²) in [6.07, 6.45) is 0.425. The van der Waals surface area contributed by atoms with Gasteiger partial charge in [0, 0.05) is 25.4 Å². The number of hydrogen-bond acceptors (Lipinski definition) is 3. The molecule has 4 nitrogen and oxygen atoms in total. The van der Waals surface area contributed by atoms with E-state index < -0.39 is 0 Å². The Morgan fingerprint density at radius 2 is 1.61 bits per heavy atom. The van der Waals surface area contributed by atoms with Crippen molar-refractivity contribution >= 4 is 5.91 Å². The Morgan fingerprint density at radius 1 is 1.00 bits per heavy atom. The van der Waals surface area contributed by atoms with Gasteiger partial charge in [-0.25, -0.2) is 0 Å². The molecule has 1 atom stereocenters. The van der Waals surface area contributed by atoms with Crippen LogP contribution in [-0.4, -0.2) is 42.2 Å². The summed E-state index contributed by atoms with van der Waals surface area (Å²) in [5, 5.41) is 9.51. The zero-order valence-corrected chi connectivity index (χ0v) is 13.0. The molecule has 0 unspecified atom stereocenters. The van der Waals surface area contributed by atoms with Gasteiger partial charge in [0.2, 0.25) is 5.91 Å². The standard InChI is InChI=1S/C19H21NO3/c21-17-8-6-16(7-9-17)18(15-4-2-1-3-5-15)14-19(22)20-10-12-23-13-11-20/h1-9,18,21H,10-14H2/t18-/m1/s1. The number of carbonyl (C=O) groups is 1. The summed E-state index contributed by atoms with van der Waals surface area (Å²) in [5.41, 5.74) is 2.15. The van der Waals surface area contributed by atoms with Crippen molar-refractivity contribution in [2.45, 2.75) is 12.3 Å². The molecule has 0 saturated carbocycles. The number of morpholine rings is 1. The molecular formula is C19H21NO3. The Hall–Kier alpha value is -2.33. The monoisotopic (exact) mass is 311 g/mol. The molecule has 1 N–H and O–H groups in total. The van der Waals surface area contributed by atoms with Crippen molar-refractivity contribution in [2.75, 3.05) is 26.3 Å². The predicted molar refractivity (Wildman–Crippen MR) is 88.4 cm³/mol. The van der Waals surface area contributed by atoms with Gasteiger partial charge in [-0.05, 0) is 23.3 Å². The molecule has 0 aromatic heterocycles. The molecule has 3 rings (SSSR count). The molecule has 0 bridgehead atoms. The maximum absolute atomic E-state index is 12.6. The van der Waals surface area contributed by atoms with Crippen LogP contribution < -0.4 is 0 Å². The van der Waals surface area contributed by atoms with Gasteiger partial charge in [0.05, 0.1) is 13.2 Å². The second kappa shape index (κ2) is 7.29. The lowest BCUT2D eigenvalue weighted by Gasteiger charge is -2.29. The summed E-state index contributed by atoms with van der Waals surface area (Å²) in [5.74, 6) is 0.377. The van der Waals surface area contributed by atoms with E-state index in [4.69, 9.17) is 4.74 Å². The van der Waals surface area contributed by atoms with Crippen LogP contribution in [0.1, 0.15) is 23.5 Å². The summed E-state index contributed by atoms with van der Waals surface area (Å²) in [6, 6.07) is 17.2. The van der Waals surface area contributed by atoms with E-state index in [9.17, 15) is 9.90 Å². The molecule has 4 heteroatoms. The van der Waals surface area contributed by atoms with Crippen LogP contribution in [-0.2, 0) is 9.53 Å². The lowest BCUT2D eigenvalue weighted by molar-refractivity contribution is -0.135. The topological polar surface area (TPSA) is 49.8 Å². The number of nitrogens with zero attached hydrogens (tertiary/aromatic N) is 1. The smallest absolute Gasteiger partial charge is 0.223 e. The molecule has 0 radical (unpaired) electrons. The van der Waals surface area contributed by atoms with Crippen molar-refractivity contribution in [3.8, 4) is 5.75 Å². The first-order valence-electron chi connectivity index (χ1n) is 7.93. The number of phenols is 1. The minimum Gasteiger partial charge on any atom is -0.508 e. The van der Waals surface area contributed by atoms with Crippen molar-refractivity contribution in [1.82, 2.24) is 4.90 Å². The molecule has 2 aromatic carbocycles. The molecule has 1 aliphatic heterocycles. The SMILES string of the molecule is O=C(C[C@H](c1ccccc1)c1ccc(O)cc1)N1CCOCC1. The first kappa shape index (κ1) is 15.6. The number of amides is 1. The highest BCUT2D eigenvalue weighted by Crippen LogP contribution is 2.29. The average Bonchev–Trinajstić information content (AvgIpc) is 2.62. The number of carbonyl (C=O) groups excluding carboxylic acids is 1. The largest absolute Gasteiger partial charge is 0.508 e. The van der Waals surface area contributed by atoms with E-state index in [0.717, 1.165) is 11.1 Å². The van der Waals surface area contributed by atoms with Gasteiger partial charge in [0.1, 0.15) is 5.75 Å². The van der Waals surface area contributed by atoms with Gasteiger partial charge in [0.15, 0.2) is 0 Å². The third kappa shape index (κ3) is 3.90. The second-order valence-corrected chi connectivity index (χ2v) is 5.75. The number of phenolic OH excluding ortho intramolecular Hbond substituents is 1. The summed E-state index contributed by atoms with van der Waals surface area (Å²) in [7, 11) is 0. The lowest BCUT2D eigenvalue weighted by atomic mass is 9.88. The number of ether oxygens (including phenoxy) is 1. The van der Waals surface area contributed by atoms with Crippen molar-refractivity contribution < 1.29 is 14.6 Å². The van der Waals surface area contributed by atoms with Gasteiger partial charge in [-0.1, -0.05) is 42.5 Å². The van der Waals surface area contributed by atoms with Crippen molar-refractivity contribution in [3.05, 3.63) is 65.7 Å². The van der Waals surface area contributed by atoms with E-state index in [0.29, 0.717) is 32.7 Å². The van der Waals surface area contributed by atoms with E-state index >= 15 is 0 Å². The zero-order chi connectivity index (χ0) is 16.1. The zero-order valence-electron chi connectivity index (χ0n) is 13.0. The Bertz CT molecular complexity index is 633. The van der Waals surface area contributed by atoms with Gasteiger partial charge in [-0.2, -0.15) is 0 Å². The van der Waals surface area contributed by atoms with Gasteiger partial charge >= 0.3 is 0 Å². The fourth-order valence-corrected chi connectivity index (χ4v) is 2.94. The van der Waals surface area contributed by atoms with Crippen LogP contribution >= 0.6 is 0 Å². The lowest BCUT2D eigenvalue weighted by Crippen LogP contribution is -2.41. The predicted octanol–water partition coefficient (Wildman–Crippen LogP) is 2.77. The number of aromatic hydroxyl groups is 1. The van der Waals surface area contributed by atoms with E-state index in [2.05, 4.69) is 0 Å². The summed E-state index contributed by atoms with van der Waals surface area (Å²) >= 11 is 0. The maximum atomic E-state index is 12.6. The molecule has 1 saturated heterocycles. The minimum atomic E-state index is -0.00727. The second-order valence-electron chi connectivity index (χ2n) is 5.75. The third-order valence-electron chi connectivity index (χ3n) is 4.24. The Balaban J connectivity index is 1.83. The Morgan fingerprint density at radius 3 is 2.26 bits per heavy atom. The highest BCUT2D eigenvalue weighted by atomic mass is 16.5. The van der Waals surface area contributed by atoms with Crippen LogP contribution in [0.2, 0.25) is 0 Å². The quantitative estimate of drug-likeness (QED) is 0.944. The van der Waals surface area contributed by atoms with Crippen molar-refractivity contribution in [1.29, 1.82) is 0 Å². The van der Waals surface area contributed by atoms with Crippen LogP contribution in [0, 0.1) is 0 Å². The van der Waals surface area contributed by atoms with Crippen molar-refractivity contribution in [2.24, 2.45) is 0 Å². The Kier molecular flexibility index (Phi) is 4.93. The molecular weight excluding hydrogens is 290 g/mol. The average molecular weight is 311 g/mol. The highest BCUT2D eigenvalue weighted by molar-refractivity contribution is 5.78. The Labute approximate surface area is 136 Å². The minimum absolute atomic E-state index is 0.00727. The highest BCUT2D eigenvalue weighted by Gasteiger charge is 2.23. The fraction of sp³-hybridized carbons (Fsp3) is 0.316. The van der Waals surface area contributed by atoms with Gasteiger partial charge in [-0.15, -0.1) is 0 Å². The number of rotatable bonds is 4. The first-order chi connectivity index (χ1) is 11.2. The van der Waals surface area contributed by atoms with E-state index in [1.54, 1.807) is 12.1 Å². The summed E-state index contributed by atoms with van der Waals surface area (Å²) < 4.78 is 5.32. The number of benzene rings is 2. The van der Waals surface area contributed by atoms with Crippen LogP contribution in [0.25, 0.3) is 0 Å². The van der Waals surface area contributed by atoms with E-state index in [-0.39, 0.29) is 17.6 Å². The van der Waals surface area contributed by atoms with Crippen LogP contribution in [0.4, 0.5) is 0 Å². The fourth-order valence-electron chi connectivity index (χ4n) is 2.94.